The molecule has 0 aromatic heterocycles. The van der Waals surface area contributed by atoms with Crippen molar-refractivity contribution in [3.8, 4) is 12.3 Å². The van der Waals surface area contributed by atoms with Gasteiger partial charge in [0.15, 0.2) is 0 Å². The molecule has 0 bridgehead atoms. The molecule has 5 heteroatoms. The van der Waals surface area contributed by atoms with Crippen molar-refractivity contribution < 1.29 is 19.4 Å². The fourth-order valence-corrected chi connectivity index (χ4v) is 1.65. The van der Waals surface area contributed by atoms with Gasteiger partial charge in [-0.05, 0) is 27.2 Å². The Hall–Kier alpha value is -1.70. The molecule has 17 heavy (non-hydrogen) atoms. The van der Waals surface area contributed by atoms with E-state index in [1.54, 1.807) is 20.8 Å². The van der Waals surface area contributed by atoms with Crippen LogP contribution in [0.2, 0.25) is 0 Å². The molecule has 1 atom stereocenters. The van der Waals surface area contributed by atoms with Gasteiger partial charge >= 0.3 is 12.1 Å². The van der Waals surface area contributed by atoms with Gasteiger partial charge in [0.2, 0.25) is 0 Å². The van der Waals surface area contributed by atoms with Gasteiger partial charge in [-0.1, -0.05) is 5.92 Å². The van der Waals surface area contributed by atoms with Crippen LogP contribution >= 0.6 is 0 Å². The van der Waals surface area contributed by atoms with Gasteiger partial charge < -0.3 is 14.7 Å². The van der Waals surface area contributed by atoms with Gasteiger partial charge in [0.1, 0.15) is 11.0 Å². The smallest absolute Gasteiger partial charge is 0.410 e. The molecule has 0 aromatic carbocycles. The average Bonchev–Trinajstić information content (AvgIpc) is 2.60. The van der Waals surface area contributed by atoms with E-state index in [4.69, 9.17) is 16.3 Å². The number of carboxylic acid groups (broad SMARTS) is 1. The summed E-state index contributed by atoms with van der Waals surface area (Å²) in [7, 11) is 0. The van der Waals surface area contributed by atoms with Crippen LogP contribution in [0, 0.1) is 17.8 Å². The van der Waals surface area contributed by atoms with Crippen molar-refractivity contribution >= 4 is 12.1 Å². The van der Waals surface area contributed by atoms with E-state index in [9.17, 15) is 9.59 Å². The fourth-order valence-electron chi connectivity index (χ4n) is 1.65. The van der Waals surface area contributed by atoms with Gasteiger partial charge in [-0.3, -0.25) is 4.79 Å². The number of hydrogen-bond acceptors (Lipinski definition) is 3. The van der Waals surface area contributed by atoms with Crippen molar-refractivity contribution in [3.05, 3.63) is 0 Å². The van der Waals surface area contributed by atoms with Crippen LogP contribution in [-0.4, -0.2) is 40.8 Å². The highest BCUT2D eigenvalue weighted by atomic mass is 16.6. The minimum atomic E-state index is -1.27. The Labute approximate surface area is 101 Å². The number of rotatable bonds is 1. The summed E-state index contributed by atoms with van der Waals surface area (Å²) in [6.07, 6.45) is 4.99. The molecule has 1 N–H and O–H groups in total. The first kappa shape index (κ1) is 13.4. The van der Waals surface area contributed by atoms with E-state index >= 15 is 0 Å². The number of carbonyl (C=O) groups excluding carboxylic acids is 1. The minimum Gasteiger partial charge on any atom is -0.480 e. The van der Waals surface area contributed by atoms with Crippen molar-refractivity contribution in [1.82, 2.24) is 4.90 Å². The lowest BCUT2D eigenvalue weighted by atomic mass is 9.89. The highest BCUT2D eigenvalue weighted by molar-refractivity contribution is 5.81. The first-order chi connectivity index (χ1) is 7.70. The molecule has 1 aliphatic heterocycles. The summed E-state index contributed by atoms with van der Waals surface area (Å²) < 4.78 is 5.16. The molecule has 94 valence electrons. The topological polar surface area (TPSA) is 66.8 Å². The van der Waals surface area contributed by atoms with E-state index < -0.39 is 23.1 Å². The zero-order valence-corrected chi connectivity index (χ0v) is 10.3. The Morgan fingerprint density at radius 1 is 1.47 bits per heavy atom. The Morgan fingerprint density at radius 3 is 2.41 bits per heavy atom. The van der Waals surface area contributed by atoms with Crippen molar-refractivity contribution in [2.24, 2.45) is 5.41 Å². The standard InChI is InChI=1S/C12H17NO4/c1-5-12(9(14)15)6-7-13(8-12)10(16)17-11(2,3)4/h1H,6-8H2,2-4H3,(H,14,15). The van der Waals surface area contributed by atoms with Crippen LogP contribution in [0.15, 0.2) is 0 Å². The van der Waals surface area contributed by atoms with Crippen molar-refractivity contribution in [1.29, 1.82) is 0 Å². The second kappa shape index (κ2) is 4.28. The van der Waals surface area contributed by atoms with Crippen LogP contribution in [0.3, 0.4) is 0 Å². The van der Waals surface area contributed by atoms with Gasteiger partial charge in [0.25, 0.3) is 0 Å². The van der Waals surface area contributed by atoms with Gasteiger partial charge in [0.05, 0.1) is 6.54 Å². The Morgan fingerprint density at radius 2 is 2.06 bits per heavy atom. The van der Waals surface area contributed by atoms with E-state index in [0.717, 1.165) is 0 Å². The first-order valence-corrected chi connectivity index (χ1v) is 5.39. The second-order valence-corrected chi connectivity index (χ2v) is 5.18. The largest absolute Gasteiger partial charge is 0.480 e. The molecule has 0 aliphatic carbocycles. The molecular weight excluding hydrogens is 222 g/mol. The molecule has 0 spiro atoms. The van der Waals surface area contributed by atoms with Crippen LogP contribution in [0.5, 0.6) is 0 Å². The number of hydrogen-bond donors (Lipinski definition) is 1. The number of carbonyl (C=O) groups is 2. The van der Waals surface area contributed by atoms with E-state index in [2.05, 4.69) is 5.92 Å². The maximum absolute atomic E-state index is 11.7. The molecule has 1 fully saturated rings. The number of nitrogens with zero attached hydrogens (tertiary/aromatic N) is 1. The highest BCUT2D eigenvalue weighted by Gasteiger charge is 2.45. The molecule has 0 radical (unpaired) electrons. The molecule has 0 aromatic rings. The Kier molecular flexibility index (Phi) is 3.37. The predicted octanol–water partition coefficient (Wildman–Crippen LogP) is 1.33. The summed E-state index contributed by atoms with van der Waals surface area (Å²) in [5.41, 5.74) is -1.86. The van der Waals surface area contributed by atoms with E-state index in [0.29, 0.717) is 6.54 Å². The molecule has 1 unspecified atom stereocenters. The summed E-state index contributed by atoms with van der Waals surface area (Å²) >= 11 is 0. The lowest BCUT2D eigenvalue weighted by molar-refractivity contribution is -0.144. The Bertz CT molecular complexity index is 377. The average molecular weight is 239 g/mol. The third-order valence-corrected chi connectivity index (χ3v) is 2.61. The molecule has 1 aliphatic rings. The van der Waals surface area contributed by atoms with Crippen molar-refractivity contribution in [3.63, 3.8) is 0 Å². The second-order valence-electron chi connectivity index (χ2n) is 5.18. The van der Waals surface area contributed by atoms with E-state index in [-0.39, 0.29) is 13.0 Å². The molecule has 5 nitrogen and oxygen atoms in total. The number of amides is 1. The third-order valence-electron chi connectivity index (χ3n) is 2.61. The van der Waals surface area contributed by atoms with E-state index in [1.165, 1.54) is 4.90 Å². The summed E-state index contributed by atoms with van der Waals surface area (Å²) in [6, 6.07) is 0. The predicted molar refractivity (Wildman–Crippen MR) is 61.3 cm³/mol. The normalized spacial score (nSPS) is 24.2. The van der Waals surface area contributed by atoms with Crippen LogP contribution in [-0.2, 0) is 9.53 Å². The summed E-state index contributed by atoms with van der Waals surface area (Å²) in [5, 5.41) is 9.07. The molecule has 1 saturated heterocycles. The SMILES string of the molecule is C#CC1(C(=O)O)CCN(C(=O)OC(C)(C)C)C1. The molecule has 1 rings (SSSR count). The zero-order chi connectivity index (χ0) is 13.3. The van der Waals surface area contributed by atoms with E-state index in [1.807, 2.05) is 0 Å². The maximum Gasteiger partial charge on any atom is 0.410 e. The molecule has 1 amide bonds. The van der Waals surface area contributed by atoms with Crippen molar-refractivity contribution in [2.45, 2.75) is 32.8 Å². The van der Waals surface area contributed by atoms with Gasteiger partial charge in [-0.25, -0.2) is 4.79 Å². The summed E-state index contributed by atoms with van der Waals surface area (Å²) in [6.45, 7) is 5.59. The quantitative estimate of drug-likeness (QED) is 0.701. The number of terminal acetylenes is 1. The van der Waals surface area contributed by atoms with Crippen LogP contribution in [0.25, 0.3) is 0 Å². The van der Waals surface area contributed by atoms with Crippen LogP contribution in [0.4, 0.5) is 4.79 Å². The van der Waals surface area contributed by atoms with Crippen LogP contribution < -0.4 is 0 Å². The number of aliphatic carboxylic acids is 1. The Balaban J connectivity index is 2.71. The van der Waals surface area contributed by atoms with Gasteiger partial charge in [0, 0.05) is 6.54 Å². The molecule has 0 saturated carbocycles. The zero-order valence-electron chi connectivity index (χ0n) is 10.3. The number of likely N-dealkylation sites (tertiary alicyclic amines) is 1. The maximum atomic E-state index is 11.7. The molecule has 1 heterocycles. The van der Waals surface area contributed by atoms with Gasteiger partial charge in [-0.15, -0.1) is 6.42 Å². The minimum absolute atomic E-state index is 0.00769. The fraction of sp³-hybridized carbons (Fsp3) is 0.667. The highest BCUT2D eigenvalue weighted by Crippen LogP contribution is 2.30. The lowest BCUT2D eigenvalue weighted by Gasteiger charge is -2.25. The summed E-state index contributed by atoms with van der Waals surface area (Å²) in [4.78, 5) is 24.2. The van der Waals surface area contributed by atoms with Gasteiger partial charge in [-0.2, -0.15) is 0 Å². The monoisotopic (exact) mass is 239 g/mol. The molecular formula is C12H17NO4. The third kappa shape index (κ3) is 2.90. The number of carboxylic acids is 1. The van der Waals surface area contributed by atoms with Crippen molar-refractivity contribution in [2.75, 3.05) is 13.1 Å². The number of ether oxygens (including phenoxy) is 1. The summed E-state index contributed by atoms with van der Waals surface area (Å²) in [5.74, 6) is 1.21. The van der Waals surface area contributed by atoms with Crippen LogP contribution in [0.1, 0.15) is 27.2 Å². The lowest BCUT2D eigenvalue weighted by Crippen LogP contribution is -2.38. The first-order valence-electron chi connectivity index (χ1n) is 5.39.